The number of amides is 1. The summed E-state index contributed by atoms with van der Waals surface area (Å²) in [6, 6.07) is 20.0. The van der Waals surface area contributed by atoms with Crippen molar-refractivity contribution in [1.29, 1.82) is 0 Å². The maximum absolute atomic E-state index is 12.6. The van der Waals surface area contributed by atoms with Gasteiger partial charge in [-0.25, -0.2) is 4.79 Å². The van der Waals surface area contributed by atoms with E-state index in [1.165, 1.54) is 14.0 Å². The summed E-state index contributed by atoms with van der Waals surface area (Å²) in [4.78, 5) is 24.6. The summed E-state index contributed by atoms with van der Waals surface area (Å²) in [6.07, 6.45) is -1.03. The van der Waals surface area contributed by atoms with E-state index in [1.54, 1.807) is 36.4 Å². The van der Waals surface area contributed by atoms with E-state index in [0.29, 0.717) is 22.8 Å². The second-order valence-corrected chi connectivity index (χ2v) is 6.87. The molecule has 0 radical (unpaired) electrons. The van der Waals surface area contributed by atoms with E-state index in [0.717, 1.165) is 16.4 Å². The fraction of sp³-hybridized carbons (Fsp3) is 0.167. The molecule has 0 bridgehead atoms. The maximum atomic E-state index is 12.6. The number of para-hydroxylation sites is 2. The van der Waals surface area contributed by atoms with Gasteiger partial charge in [0.2, 0.25) is 0 Å². The molecule has 1 N–H and O–H groups in total. The maximum Gasteiger partial charge on any atom is 0.344 e. The highest BCUT2D eigenvalue weighted by atomic mass is 16.6. The van der Waals surface area contributed by atoms with Crippen molar-refractivity contribution < 1.29 is 28.2 Å². The van der Waals surface area contributed by atoms with Crippen molar-refractivity contribution in [2.45, 2.75) is 13.0 Å². The lowest BCUT2D eigenvalue weighted by atomic mass is 10.1. The van der Waals surface area contributed by atoms with E-state index in [2.05, 4.69) is 5.32 Å². The molecule has 1 heterocycles. The predicted molar refractivity (Wildman–Crippen MR) is 116 cm³/mol. The van der Waals surface area contributed by atoms with Crippen molar-refractivity contribution >= 4 is 39.5 Å². The number of hydrogen-bond acceptors (Lipinski definition) is 6. The van der Waals surface area contributed by atoms with Gasteiger partial charge < -0.3 is 23.9 Å². The fourth-order valence-electron chi connectivity index (χ4n) is 3.20. The van der Waals surface area contributed by atoms with Crippen LogP contribution in [0, 0.1) is 0 Å². The van der Waals surface area contributed by atoms with Gasteiger partial charge in [-0.05, 0) is 31.2 Å². The molecule has 0 fully saturated rings. The van der Waals surface area contributed by atoms with Crippen LogP contribution in [-0.4, -0.2) is 31.7 Å². The van der Waals surface area contributed by atoms with Gasteiger partial charge in [-0.3, -0.25) is 4.79 Å². The van der Waals surface area contributed by atoms with Crippen LogP contribution in [0.15, 0.2) is 71.1 Å². The largest absolute Gasteiger partial charge is 0.495 e. The van der Waals surface area contributed by atoms with Crippen molar-refractivity contribution in [3.05, 3.63) is 66.7 Å². The third kappa shape index (κ3) is 4.45. The normalized spacial score (nSPS) is 11.8. The quantitative estimate of drug-likeness (QED) is 0.443. The molecule has 158 valence electrons. The Morgan fingerprint density at radius 1 is 0.968 bits per heavy atom. The Kier molecular flexibility index (Phi) is 5.75. The molecular weight excluding hydrogens is 398 g/mol. The van der Waals surface area contributed by atoms with Crippen molar-refractivity contribution in [2.75, 3.05) is 19.0 Å². The molecule has 4 rings (SSSR count). The zero-order valence-corrected chi connectivity index (χ0v) is 17.1. The number of rotatable bonds is 7. The van der Waals surface area contributed by atoms with Gasteiger partial charge in [0, 0.05) is 16.8 Å². The van der Waals surface area contributed by atoms with Crippen LogP contribution in [0.2, 0.25) is 0 Å². The third-order valence-electron chi connectivity index (χ3n) is 4.73. The van der Waals surface area contributed by atoms with Gasteiger partial charge in [0.25, 0.3) is 5.91 Å². The van der Waals surface area contributed by atoms with Gasteiger partial charge in [0.1, 0.15) is 22.7 Å². The number of carbonyl (C=O) groups excluding carboxylic acids is 2. The van der Waals surface area contributed by atoms with Crippen LogP contribution in [-0.2, 0) is 14.3 Å². The minimum atomic E-state index is -1.03. The van der Waals surface area contributed by atoms with Gasteiger partial charge in [0.05, 0.1) is 12.8 Å². The molecule has 1 atom stereocenters. The summed E-state index contributed by atoms with van der Waals surface area (Å²) in [7, 11) is 1.52. The Morgan fingerprint density at radius 3 is 2.48 bits per heavy atom. The van der Waals surface area contributed by atoms with Crippen LogP contribution >= 0.6 is 0 Å². The lowest BCUT2D eigenvalue weighted by Crippen LogP contribution is -2.31. The number of hydrogen-bond donors (Lipinski definition) is 1. The molecule has 0 aliphatic carbocycles. The standard InChI is InChI=1S/C24H21NO6/c1-15(30-23(26)14-29-16-8-4-3-5-9-16)24(27)25-19-13-21-18(12-22(19)28-2)17-10-6-7-11-20(17)31-21/h3-13,15H,14H2,1-2H3,(H,25,27). The second-order valence-electron chi connectivity index (χ2n) is 6.87. The van der Waals surface area contributed by atoms with Crippen molar-refractivity contribution in [1.82, 2.24) is 0 Å². The number of ether oxygens (including phenoxy) is 3. The Balaban J connectivity index is 1.44. The molecule has 7 heteroatoms. The monoisotopic (exact) mass is 419 g/mol. The van der Waals surface area contributed by atoms with Gasteiger partial charge >= 0.3 is 5.97 Å². The average molecular weight is 419 g/mol. The summed E-state index contributed by atoms with van der Waals surface area (Å²) >= 11 is 0. The molecule has 4 aromatic rings. The first-order valence-electron chi connectivity index (χ1n) is 9.72. The van der Waals surface area contributed by atoms with Gasteiger partial charge in [-0.2, -0.15) is 0 Å². The van der Waals surface area contributed by atoms with Crippen LogP contribution in [0.5, 0.6) is 11.5 Å². The van der Waals surface area contributed by atoms with Crippen LogP contribution < -0.4 is 14.8 Å². The zero-order valence-electron chi connectivity index (χ0n) is 17.1. The van der Waals surface area contributed by atoms with Crippen LogP contribution in [0.25, 0.3) is 21.9 Å². The molecule has 0 saturated heterocycles. The second kappa shape index (κ2) is 8.79. The smallest absolute Gasteiger partial charge is 0.344 e. The molecule has 0 spiro atoms. The number of nitrogens with one attached hydrogen (secondary N) is 1. The van der Waals surface area contributed by atoms with Crippen molar-refractivity contribution in [3.8, 4) is 11.5 Å². The number of anilines is 1. The van der Waals surface area contributed by atoms with Crippen molar-refractivity contribution in [2.24, 2.45) is 0 Å². The fourth-order valence-corrected chi connectivity index (χ4v) is 3.20. The molecule has 3 aromatic carbocycles. The van der Waals surface area contributed by atoms with Crippen LogP contribution in [0.1, 0.15) is 6.92 Å². The summed E-state index contributed by atoms with van der Waals surface area (Å²) in [6.45, 7) is 1.19. The highest BCUT2D eigenvalue weighted by Crippen LogP contribution is 2.36. The number of carbonyl (C=O) groups is 2. The van der Waals surface area contributed by atoms with Gasteiger partial charge in [-0.15, -0.1) is 0 Å². The Hall–Kier alpha value is -4.00. The molecule has 0 saturated carbocycles. The summed E-state index contributed by atoms with van der Waals surface area (Å²) in [5, 5.41) is 4.57. The van der Waals surface area contributed by atoms with E-state index in [4.69, 9.17) is 18.6 Å². The van der Waals surface area contributed by atoms with E-state index >= 15 is 0 Å². The number of fused-ring (bicyclic) bond motifs is 3. The summed E-state index contributed by atoms with van der Waals surface area (Å²) in [5.74, 6) is -0.133. The van der Waals surface area contributed by atoms with E-state index in [1.807, 2.05) is 30.3 Å². The molecule has 7 nitrogen and oxygen atoms in total. The van der Waals surface area contributed by atoms with Crippen molar-refractivity contribution in [3.63, 3.8) is 0 Å². The number of methoxy groups -OCH3 is 1. The van der Waals surface area contributed by atoms with Crippen LogP contribution in [0.4, 0.5) is 5.69 Å². The molecule has 0 aliphatic heterocycles. The van der Waals surface area contributed by atoms with E-state index < -0.39 is 18.0 Å². The average Bonchev–Trinajstić information content (AvgIpc) is 3.15. The zero-order chi connectivity index (χ0) is 21.8. The lowest BCUT2D eigenvalue weighted by molar-refractivity contribution is -0.155. The Labute approximate surface area is 178 Å². The SMILES string of the molecule is COc1cc2c(cc1NC(=O)C(C)OC(=O)COc1ccccc1)oc1ccccc12. The van der Waals surface area contributed by atoms with Crippen LogP contribution in [0.3, 0.4) is 0 Å². The van der Waals surface area contributed by atoms with E-state index in [9.17, 15) is 9.59 Å². The number of furan rings is 1. The summed E-state index contributed by atoms with van der Waals surface area (Å²) in [5.41, 5.74) is 1.77. The lowest BCUT2D eigenvalue weighted by Gasteiger charge is -2.15. The molecule has 0 aliphatic rings. The highest BCUT2D eigenvalue weighted by Gasteiger charge is 2.21. The Morgan fingerprint density at radius 2 is 1.71 bits per heavy atom. The Bertz CT molecular complexity index is 1230. The third-order valence-corrected chi connectivity index (χ3v) is 4.73. The minimum absolute atomic E-state index is 0.296. The first-order chi connectivity index (χ1) is 15.0. The van der Waals surface area contributed by atoms with Gasteiger partial charge in [-0.1, -0.05) is 36.4 Å². The van der Waals surface area contributed by atoms with Gasteiger partial charge in [0.15, 0.2) is 12.7 Å². The summed E-state index contributed by atoms with van der Waals surface area (Å²) < 4.78 is 21.8. The minimum Gasteiger partial charge on any atom is -0.495 e. The highest BCUT2D eigenvalue weighted by molar-refractivity contribution is 6.08. The predicted octanol–water partition coefficient (Wildman–Crippen LogP) is 4.54. The molecule has 1 amide bonds. The molecular formula is C24H21NO6. The molecule has 31 heavy (non-hydrogen) atoms. The van der Waals surface area contributed by atoms with E-state index in [-0.39, 0.29) is 6.61 Å². The molecule has 1 unspecified atom stereocenters. The number of benzene rings is 3. The number of esters is 1. The first-order valence-corrected chi connectivity index (χ1v) is 9.72. The first kappa shape index (κ1) is 20.3. The topological polar surface area (TPSA) is 87.0 Å². The molecule has 1 aromatic heterocycles.